The number of rotatable bonds is 3. The molecule has 0 spiro atoms. The van der Waals surface area contributed by atoms with Crippen molar-refractivity contribution in [3.8, 4) is 0 Å². The van der Waals surface area contributed by atoms with Crippen molar-refractivity contribution in [2.75, 3.05) is 37.0 Å². The molecule has 1 N–H and O–H groups in total. The monoisotopic (exact) mass is 284 g/mol. The Kier molecular flexibility index (Phi) is 4.31. The van der Waals surface area contributed by atoms with Crippen LogP contribution in [0.4, 0.5) is 11.6 Å². The van der Waals surface area contributed by atoms with E-state index in [1.165, 1.54) is 5.56 Å². The van der Waals surface area contributed by atoms with Crippen LogP contribution in [0.25, 0.3) is 0 Å². The van der Waals surface area contributed by atoms with Crippen LogP contribution in [-0.4, -0.2) is 36.7 Å². The van der Waals surface area contributed by atoms with Gasteiger partial charge in [-0.25, -0.2) is 9.97 Å². The molecular weight excluding hydrogens is 264 g/mol. The Hall–Kier alpha value is -2.14. The largest absolute Gasteiger partial charge is 0.373 e. The lowest BCUT2D eigenvalue weighted by Gasteiger charge is -2.25. The summed E-state index contributed by atoms with van der Waals surface area (Å²) in [4.78, 5) is 10.8. The SMILES string of the molecule is CNc1cc(N2CCCOC(c3ccccc3)C2)ncn1. The van der Waals surface area contributed by atoms with E-state index >= 15 is 0 Å². The number of hydrogen-bond donors (Lipinski definition) is 1. The minimum atomic E-state index is 0.0849. The predicted octanol–water partition coefficient (Wildman–Crippen LogP) is 2.49. The minimum absolute atomic E-state index is 0.0849. The second-order valence-electron chi connectivity index (χ2n) is 5.08. The summed E-state index contributed by atoms with van der Waals surface area (Å²) >= 11 is 0. The first-order valence-corrected chi connectivity index (χ1v) is 7.28. The van der Waals surface area contributed by atoms with E-state index in [1.807, 2.05) is 19.2 Å². The molecule has 1 saturated heterocycles. The van der Waals surface area contributed by atoms with E-state index < -0.39 is 0 Å². The minimum Gasteiger partial charge on any atom is -0.373 e. The molecule has 0 bridgehead atoms. The Balaban J connectivity index is 1.81. The van der Waals surface area contributed by atoms with Gasteiger partial charge < -0.3 is 15.0 Å². The molecule has 2 aromatic rings. The molecule has 2 heterocycles. The fourth-order valence-electron chi connectivity index (χ4n) is 2.56. The van der Waals surface area contributed by atoms with Crippen molar-refractivity contribution in [1.29, 1.82) is 0 Å². The highest BCUT2D eigenvalue weighted by atomic mass is 16.5. The molecule has 0 amide bonds. The van der Waals surface area contributed by atoms with Gasteiger partial charge in [0.15, 0.2) is 0 Å². The molecule has 3 rings (SSSR count). The molecule has 1 aliphatic heterocycles. The highest BCUT2D eigenvalue weighted by Crippen LogP contribution is 2.25. The van der Waals surface area contributed by atoms with Gasteiger partial charge in [-0.1, -0.05) is 30.3 Å². The van der Waals surface area contributed by atoms with Crippen LogP contribution in [-0.2, 0) is 4.74 Å². The Morgan fingerprint density at radius 3 is 2.90 bits per heavy atom. The average Bonchev–Trinajstić information content (AvgIpc) is 2.82. The van der Waals surface area contributed by atoms with Crippen molar-refractivity contribution in [2.45, 2.75) is 12.5 Å². The van der Waals surface area contributed by atoms with E-state index in [-0.39, 0.29) is 6.10 Å². The number of ether oxygens (including phenoxy) is 1. The van der Waals surface area contributed by atoms with Gasteiger partial charge in [-0.05, 0) is 12.0 Å². The molecular formula is C16H20N4O. The fourth-order valence-corrected chi connectivity index (χ4v) is 2.56. The number of nitrogens with zero attached hydrogens (tertiary/aromatic N) is 3. The predicted molar refractivity (Wildman–Crippen MR) is 83.5 cm³/mol. The smallest absolute Gasteiger partial charge is 0.134 e. The number of anilines is 2. The van der Waals surface area contributed by atoms with Crippen molar-refractivity contribution in [3.63, 3.8) is 0 Å². The zero-order valence-corrected chi connectivity index (χ0v) is 12.2. The second kappa shape index (κ2) is 6.54. The summed E-state index contributed by atoms with van der Waals surface area (Å²) in [5, 5.41) is 3.06. The van der Waals surface area contributed by atoms with Gasteiger partial charge in [-0.15, -0.1) is 0 Å². The Morgan fingerprint density at radius 2 is 2.10 bits per heavy atom. The van der Waals surface area contributed by atoms with E-state index in [0.717, 1.165) is 37.8 Å². The van der Waals surface area contributed by atoms with Crippen LogP contribution >= 0.6 is 0 Å². The van der Waals surface area contributed by atoms with Crippen molar-refractivity contribution in [2.24, 2.45) is 0 Å². The molecule has 1 aromatic carbocycles. The molecule has 5 heteroatoms. The van der Waals surface area contributed by atoms with Gasteiger partial charge >= 0.3 is 0 Å². The molecule has 1 fully saturated rings. The van der Waals surface area contributed by atoms with Gasteiger partial charge in [-0.3, -0.25) is 0 Å². The van der Waals surface area contributed by atoms with Crippen LogP contribution in [0.2, 0.25) is 0 Å². The Labute approximate surface area is 125 Å². The average molecular weight is 284 g/mol. The zero-order chi connectivity index (χ0) is 14.5. The zero-order valence-electron chi connectivity index (χ0n) is 12.2. The summed E-state index contributed by atoms with van der Waals surface area (Å²) in [5.41, 5.74) is 1.22. The quantitative estimate of drug-likeness (QED) is 0.938. The molecule has 5 nitrogen and oxygen atoms in total. The Bertz CT molecular complexity index is 575. The highest BCUT2D eigenvalue weighted by molar-refractivity contribution is 5.48. The van der Waals surface area contributed by atoms with Crippen LogP contribution in [0.15, 0.2) is 42.7 Å². The van der Waals surface area contributed by atoms with Crippen LogP contribution in [0, 0.1) is 0 Å². The first kappa shape index (κ1) is 13.8. The van der Waals surface area contributed by atoms with Gasteiger partial charge in [0.25, 0.3) is 0 Å². The Morgan fingerprint density at radius 1 is 1.24 bits per heavy atom. The lowest BCUT2D eigenvalue weighted by atomic mass is 10.1. The van der Waals surface area contributed by atoms with Crippen LogP contribution in [0.5, 0.6) is 0 Å². The lowest BCUT2D eigenvalue weighted by molar-refractivity contribution is 0.0686. The van der Waals surface area contributed by atoms with Crippen LogP contribution < -0.4 is 10.2 Å². The summed E-state index contributed by atoms with van der Waals surface area (Å²) in [6.45, 7) is 2.54. The lowest BCUT2D eigenvalue weighted by Crippen LogP contribution is -2.28. The first-order chi connectivity index (χ1) is 10.4. The molecule has 0 radical (unpaired) electrons. The molecule has 21 heavy (non-hydrogen) atoms. The molecule has 0 saturated carbocycles. The molecule has 1 aromatic heterocycles. The fraction of sp³-hybridized carbons (Fsp3) is 0.375. The van der Waals surface area contributed by atoms with Gasteiger partial charge in [0.2, 0.25) is 0 Å². The van der Waals surface area contributed by atoms with Crippen molar-refractivity contribution < 1.29 is 4.74 Å². The molecule has 1 unspecified atom stereocenters. The van der Waals surface area contributed by atoms with E-state index in [0.29, 0.717) is 0 Å². The van der Waals surface area contributed by atoms with E-state index in [4.69, 9.17) is 4.74 Å². The maximum absolute atomic E-state index is 6.00. The maximum Gasteiger partial charge on any atom is 0.134 e. The number of benzene rings is 1. The third-order valence-electron chi connectivity index (χ3n) is 3.68. The molecule has 0 aliphatic carbocycles. The van der Waals surface area contributed by atoms with Gasteiger partial charge in [0.05, 0.1) is 6.10 Å². The molecule has 110 valence electrons. The summed E-state index contributed by atoms with van der Waals surface area (Å²) in [5.74, 6) is 1.78. The topological polar surface area (TPSA) is 50.3 Å². The third kappa shape index (κ3) is 3.31. The maximum atomic E-state index is 6.00. The first-order valence-electron chi connectivity index (χ1n) is 7.28. The number of hydrogen-bond acceptors (Lipinski definition) is 5. The summed E-state index contributed by atoms with van der Waals surface area (Å²) in [6.07, 6.45) is 2.69. The van der Waals surface area contributed by atoms with Gasteiger partial charge in [0, 0.05) is 32.8 Å². The van der Waals surface area contributed by atoms with Crippen LogP contribution in [0.1, 0.15) is 18.1 Å². The van der Waals surface area contributed by atoms with Crippen LogP contribution in [0.3, 0.4) is 0 Å². The normalized spacial score (nSPS) is 19.1. The second-order valence-corrected chi connectivity index (χ2v) is 5.08. The van der Waals surface area contributed by atoms with E-state index in [2.05, 4.69) is 44.5 Å². The summed E-state index contributed by atoms with van der Waals surface area (Å²) in [7, 11) is 1.87. The number of aromatic nitrogens is 2. The highest BCUT2D eigenvalue weighted by Gasteiger charge is 2.21. The van der Waals surface area contributed by atoms with Gasteiger partial charge in [0.1, 0.15) is 18.0 Å². The van der Waals surface area contributed by atoms with Crippen molar-refractivity contribution in [1.82, 2.24) is 9.97 Å². The van der Waals surface area contributed by atoms with Crippen molar-refractivity contribution in [3.05, 3.63) is 48.3 Å². The summed E-state index contributed by atoms with van der Waals surface area (Å²) < 4.78 is 6.00. The third-order valence-corrected chi connectivity index (χ3v) is 3.68. The van der Waals surface area contributed by atoms with E-state index in [1.54, 1.807) is 6.33 Å². The van der Waals surface area contributed by atoms with Crippen molar-refractivity contribution >= 4 is 11.6 Å². The molecule has 1 aliphatic rings. The van der Waals surface area contributed by atoms with E-state index in [9.17, 15) is 0 Å². The number of nitrogens with one attached hydrogen (secondary N) is 1. The standard InChI is InChI=1S/C16H20N4O/c1-17-15-10-16(19-12-18-15)20-8-5-9-21-14(11-20)13-6-3-2-4-7-13/h2-4,6-7,10,12,14H,5,8-9,11H2,1H3,(H,17,18,19). The van der Waals surface area contributed by atoms with Gasteiger partial charge in [-0.2, -0.15) is 0 Å². The summed E-state index contributed by atoms with van der Waals surface area (Å²) in [6, 6.07) is 12.4. The molecule has 1 atom stereocenters.